The van der Waals surface area contributed by atoms with Crippen molar-refractivity contribution < 1.29 is 4.39 Å². The van der Waals surface area contributed by atoms with Gasteiger partial charge in [-0.15, -0.1) is 0 Å². The first-order valence-electron chi connectivity index (χ1n) is 3.50. The summed E-state index contributed by atoms with van der Waals surface area (Å²) in [4.78, 5) is 0. The molecule has 0 fully saturated rings. The van der Waals surface area contributed by atoms with E-state index in [-0.39, 0.29) is 0 Å². The van der Waals surface area contributed by atoms with Crippen LogP contribution in [0.5, 0.6) is 0 Å². The highest BCUT2D eigenvalue weighted by Crippen LogP contribution is 2.08. The van der Waals surface area contributed by atoms with Crippen molar-refractivity contribution in [2.24, 2.45) is 11.8 Å². The van der Waals surface area contributed by atoms with Crippen molar-refractivity contribution in [3.05, 3.63) is 0 Å². The molecule has 0 unspecified atom stereocenters. The zero-order valence-corrected chi connectivity index (χ0v) is 7.24. The molecule has 0 nitrogen and oxygen atoms in total. The highest BCUT2D eigenvalue weighted by Gasteiger charge is 1.95. The van der Waals surface area contributed by atoms with Gasteiger partial charge in [0.25, 0.3) is 0 Å². The maximum Gasteiger partial charge on any atom is 0.0785 e. The smallest absolute Gasteiger partial charge is 0.0785 e. The van der Waals surface area contributed by atoms with Gasteiger partial charge in [0.15, 0.2) is 0 Å². The Balaban J connectivity index is 0. The standard InChI is InChI=1S/C7H16.CH3F/c1-6(2)5-7(3)4;1-2/h6-7H,5H2,1-4H3;1H3. The van der Waals surface area contributed by atoms with Gasteiger partial charge in [-0.05, 0) is 18.3 Å². The van der Waals surface area contributed by atoms with Crippen LogP contribution in [0, 0.1) is 11.8 Å². The Hall–Kier alpha value is -0.0700. The maximum atomic E-state index is 9.50. The summed E-state index contributed by atoms with van der Waals surface area (Å²) in [6, 6.07) is 0. The normalized spacial score (nSPS) is 9.33. The van der Waals surface area contributed by atoms with Crippen LogP contribution in [0.1, 0.15) is 34.1 Å². The third kappa shape index (κ3) is 18.1. The summed E-state index contributed by atoms with van der Waals surface area (Å²) >= 11 is 0. The number of alkyl halides is 1. The number of hydrogen-bond acceptors (Lipinski definition) is 0. The van der Waals surface area contributed by atoms with E-state index < -0.39 is 0 Å². The van der Waals surface area contributed by atoms with Gasteiger partial charge in [0.2, 0.25) is 0 Å². The third-order valence-corrected chi connectivity index (χ3v) is 0.943. The van der Waals surface area contributed by atoms with Gasteiger partial charge in [-0.2, -0.15) is 0 Å². The minimum absolute atomic E-state index is 0.500. The van der Waals surface area contributed by atoms with Crippen molar-refractivity contribution in [2.75, 3.05) is 7.18 Å². The van der Waals surface area contributed by atoms with Crippen LogP contribution in [-0.4, -0.2) is 7.18 Å². The monoisotopic (exact) mass is 134 g/mol. The van der Waals surface area contributed by atoms with E-state index in [1.165, 1.54) is 6.42 Å². The van der Waals surface area contributed by atoms with Crippen molar-refractivity contribution in [1.82, 2.24) is 0 Å². The first kappa shape index (κ1) is 11.7. The molecule has 0 aliphatic carbocycles. The van der Waals surface area contributed by atoms with Crippen LogP contribution >= 0.6 is 0 Å². The van der Waals surface area contributed by atoms with E-state index in [0.29, 0.717) is 7.18 Å². The van der Waals surface area contributed by atoms with Crippen LogP contribution in [0.4, 0.5) is 4.39 Å². The quantitative estimate of drug-likeness (QED) is 0.543. The zero-order chi connectivity index (χ0) is 7.86. The molecule has 0 amide bonds. The summed E-state index contributed by atoms with van der Waals surface area (Å²) in [5.41, 5.74) is 0. The van der Waals surface area contributed by atoms with Gasteiger partial charge in [0, 0.05) is 0 Å². The molecule has 0 heterocycles. The molecule has 58 valence electrons. The lowest BCUT2D eigenvalue weighted by atomic mass is 10.0. The van der Waals surface area contributed by atoms with Crippen LogP contribution in [0.3, 0.4) is 0 Å². The minimum atomic E-state index is 0.500. The van der Waals surface area contributed by atoms with Gasteiger partial charge in [-0.1, -0.05) is 27.7 Å². The van der Waals surface area contributed by atoms with E-state index in [0.717, 1.165) is 11.8 Å². The maximum absolute atomic E-state index is 9.50. The van der Waals surface area contributed by atoms with Crippen molar-refractivity contribution in [3.8, 4) is 0 Å². The highest BCUT2D eigenvalue weighted by molar-refractivity contribution is 4.47. The third-order valence-electron chi connectivity index (χ3n) is 0.943. The second kappa shape index (κ2) is 7.93. The Morgan fingerprint density at radius 2 is 1.11 bits per heavy atom. The first-order chi connectivity index (χ1) is 4.13. The molecule has 0 aromatic rings. The number of rotatable bonds is 2. The second-order valence-electron chi connectivity index (χ2n) is 3.02. The second-order valence-corrected chi connectivity index (χ2v) is 3.02. The molecular weight excluding hydrogens is 115 g/mol. The number of hydrogen-bond donors (Lipinski definition) is 0. The molecule has 0 aromatic heterocycles. The Bertz CT molecular complexity index is 33.8. The highest BCUT2D eigenvalue weighted by atomic mass is 19.1. The molecule has 0 atom stereocenters. The molecule has 0 N–H and O–H groups in total. The Morgan fingerprint density at radius 3 is 1.11 bits per heavy atom. The van der Waals surface area contributed by atoms with Crippen LogP contribution in [0.15, 0.2) is 0 Å². The lowest BCUT2D eigenvalue weighted by molar-refractivity contribution is 0.469. The van der Waals surface area contributed by atoms with Crippen molar-refractivity contribution in [1.29, 1.82) is 0 Å². The first-order valence-corrected chi connectivity index (χ1v) is 3.50. The van der Waals surface area contributed by atoms with Gasteiger partial charge >= 0.3 is 0 Å². The van der Waals surface area contributed by atoms with E-state index in [4.69, 9.17) is 0 Å². The lowest BCUT2D eigenvalue weighted by Gasteiger charge is -2.05. The average molecular weight is 134 g/mol. The Morgan fingerprint density at radius 1 is 0.889 bits per heavy atom. The SMILES string of the molecule is CC(C)CC(C)C.CF. The molecule has 0 radical (unpaired) electrons. The van der Waals surface area contributed by atoms with E-state index in [9.17, 15) is 4.39 Å². The molecule has 0 rings (SSSR count). The lowest BCUT2D eigenvalue weighted by Crippen LogP contribution is -1.93. The molecule has 0 saturated heterocycles. The zero-order valence-electron chi connectivity index (χ0n) is 7.24. The van der Waals surface area contributed by atoms with E-state index in [2.05, 4.69) is 27.7 Å². The van der Waals surface area contributed by atoms with Gasteiger partial charge in [-0.25, -0.2) is 0 Å². The number of halogens is 1. The van der Waals surface area contributed by atoms with E-state index >= 15 is 0 Å². The predicted octanol–water partition coefficient (Wildman–Crippen LogP) is 3.27. The van der Waals surface area contributed by atoms with Crippen LogP contribution < -0.4 is 0 Å². The van der Waals surface area contributed by atoms with Crippen LogP contribution in [0.2, 0.25) is 0 Å². The molecule has 0 aromatic carbocycles. The van der Waals surface area contributed by atoms with Gasteiger partial charge in [0.1, 0.15) is 0 Å². The van der Waals surface area contributed by atoms with E-state index in [1.54, 1.807) is 0 Å². The molecule has 0 saturated carbocycles. The summed E-state index contributed by atoms with van der Waals surface area (Å²) in [6.45, 7) is 9.06. The molecular formula is C8H19F. The fourth-order valence-corrected chi connectivity index (χ4v) is 0.943. The largest absolute Gasteiger partial charge is 0.255 e. The van der Waals surface area contributed by atoms with Gasteiger partial charge in [0.05, 0.1) is 7.18 Å². The molecule has 9 heavy (non-hydrogen) atoms. The Kier molecular flexibility index (Phi) is 10.3. The summed E-state index contributed by atoms with van der Waals surface area (Å²) in [5.74, 6) is 1.75. The van der Waals surface area contributed by atoms with E-state index in [1.807, 2.05) is 0 Å². The molecule has 0 spiro atoms. The average Bonchev–Trinajstić information content (AvgIpc) is 1.68. The van der Waals surface area contributed by atoms with Crippen molar-refractivity contribution >= 4 is 0 Å². The molecule has 0 bridgehead atoms. The summed E-state index contributed by atoms with van der Waals surface area (Å²) < 4.78 is 9.50. The van der Waals surface area contributed by atoms with Gasteiger partial charge in [-0.3, -0.25) is 4.39 Å². The Labute approximate surface area is 58.5 Å². The topological polar surface area (TPSA) is 0 Å². The molecule has 0 aliphatic heterocycles. The summed E-state index contributed by atoms with van der Waals surface area (Å²) in [5, 5.41) is 0. The minimum Gasteiger partial charge on any atom is -0.255 e. The predicted molar refractivity (Wildman–Crippen MR) is 41.3 cm³/mol. The summed E-state index contributed by atoms with van der Waals surface area (Å²) in [6.07, 6.45) is 1.36. The summed E-state index contributed by atoms with van der Waals surface area (Å²) in [7, 11) is 0.500. The van der Waals surface area contributed by atoms with Crippen LogP contribution in [-0.2, 0) is 0 Å². The fraction of sp³-hybridized carbons (Fsp3) is 1.00. The van der Waals surface area contributed by atoms with Gasteiger partial charge < -0.3 is 0 Å². The molecule has 1 heteroatoms. The van der Waals surface area contributed by atoms with Crippen LogP contribution in [0.25, 0.3) is 0 Å². The van der Waals surface area contributed by atoms with Crippen molar-refractivity contribution in [3.63, 3.8) is 0 Å². The molecule has 0 aliphatic rings. The van der Waals surface area contributed by atoms with Crippen molar-refractivity contribution in [2.45, 2.75) is 34.1 Å². The fourth-order valence-electron chi connectivity index (χ4n) is 0.943.